The molecule has 0 aromatic heterocycles. The normalized spacial score (nSPS) is 25.8. The molecule has 0 saturated heterocycles. The fourth-order valence-electron chi connectivity index (χ4n) is 2.65. The van der Waals surface area contributed by atoms with Gasteiger partial charge in [0.2, 0.25) is 0 Å². The first-order chi connectivity index (χ1) is 8.56. The zero-order valence-electron chi connectivity index (χ0n) is 11.2. The predicted molar refractivity (Wildman–Crippen MR) is 71.1 cm³/mol. The van der Waals surface area contributed by atoms with Gasteiger partial charge < -0.3 is 10.5 Å². The lowest BCUT2D eigenvalue weighted by Crippen LogP contribution is -2.25. The average Bonchev–Trinajstić information content (AvgIpc) is 2.28. The fraction of sp³-hybridized carbons (Fsp3) is 0.600. The third kappa shape index (κ3) is 3.22. The molecule has 3 atom stereocenters. The minimum absolute atomic E-state index is 0.137. The summed E-state index contributed by atoms with van der Waals surface area (Å²) in [5.41, 5.74) is 6.78. The van der Waals surface area contributed by atoms with Crippen LogP contribution in [0.15, 0.2) is 18.2 Å². The standard InChI is InChI=1S/C15H22FNO/c1-10-4-3-5-13(8-10)18-15-9-12(16)6-7-14(15)11(2)17/h6-7,9-11,13H,3-5,8,17H2,1-2H3/t10?,11-,13?/m0/s1. The van der Waals surface area contributed by atoms with Crippen molar-refractivity contribution in [1.29, 1.82) is 0 Å². The molecule has 100 valence electrons. The van der Waals surface area contributed by atoms with Crippen LogP contribution in [0.25, 0.3) is 0 Å². The molecule has 0 heterocycles. The highest BCUT2D eigenvalue weighted by molar-refractivity contribution is 5.36. The number of ether oxygens (including phenoxy) is 1. The molecule has 0 spiro atoms. The van der Waals surface area contributed by atoms with Crippen LogP contribution in [-0.2, 0) is 0 Å². The van der Waals surface area contributed by atoms with Crippen LogP contribution in [0.5, 0.6) is 5.75 Å². The molecule has 0 bridgehead atoms. The summed E-state index contributed by atoms with van der Waals surface area (Å²) in [6, 6.07) is 4.48. The summed E-state index contributed by atoms with van der Waals surface area (Å²) in [5.74, 6) is 1.04. The van der Waals surface area contributed by atoms with Crippen LogP contribution in [0.2, 0.25) is 0 Å². The molecule has 1 fully saturated rings. The summed E-state index contributed by atoms with van der Waals surface area (Å²) in [6.07, 6.45) is 4.76. The number of nitrogens with two attached hydrogens (primary N) is 1. The molecular formula is C15H22FNO. The zero-order chi connectivity index (χ0) is 13.1. The highest BCUT2D eigenvalue weighted by Gasteiger charge is 2.21. The van der Waals surface area contributed by atoms with Crippen LogP contribution >= 0.6 is 0 Å². The lowest BCUT2D eigenvalue weighted by molar-refractivity contribution is 0.127. The van der Waals surface area contributed by atoms with Crippen molar-refractivity contribution in [2.75, 3.05) is 0 Å². The van der Waals surface area contributed by atoms with Gasteiger partial charge in [-0.25, -0.2) is 4.39 Å². The van der Waals surface area contributed by atoms with E-state index in [4.69, 9.17) is 10.5 Å². The molecule has 18 heavy (non-hydrogen) atoms. The molecule has 1 saturated carbocycles. The van der Waals surface area contributed by atoms with Gasteiger partial charge in [-0.1, -0.05) is 19.4 Å². The van der Waals surface area contributed by atoms with E-state index in [2.05, 4.69) is 6.92 Å². The van der Waals surface area contributed by atoms with Gasteiger partial charge in [0.25, 0.3) is 0 Å². The molecule has 1 aliphatic carbocycles. The Morgan fingerprint density at radius 2 is 2.17 bits per heavy atom. The van der Waals surface area contributed by atoms with Gasteiger partial charge in [0, 0.05) is 17.7 Å². The predicted octanol–water partition coefficient (Wildman–Crippen LogP) is 3.80. The van der Waals surface area contributed by atoms with Gasteiger partial charge in [-0.05, 0) is 38.2 Å². The van der Waals surface area contributed by atoms with Gasteiger partial charge >= 0.3 is 0 Å². The first kappa shape index (κ1) is 13.3. The van der Waals surface area contributed by atoms with Crippen LogP contribution in [0.3, 0.4) is 0 Å². The summed E-state index contributed by atoms with van der Waals surface area (Å²) < 4.78 is 19.3. The first-order valence-electron chi connectivity index (χ1n) is 6.78. The molecule has 1 aromatic carbocycles. The zero-order valence-corrected chi connectivity index (χ0v) is 11.2. The minimum Gasteiger partial charge on any atom is -0.490 e. The number of hydrogen-bond acceptors (Lipinski definition) is 2. The number of halogens is 1. The van der Waals surface area contributed by atoms with Gasteiger partial charge in [0.15, 0.2) is 0 Å². The van der Waals surface area contributed by atoms with Crippen LogP contribution in [0, 0.1) is 11.7 Å². The molecule has 2 unspecified atom stereocenters. The van der Waals surface area contributed by atoms with E-state index < -0.39 is 0 Å². The Hall–Kier alpha value is -1.09. The largest absolute Gasteiger partial charge is 0.490 e. The maximum absolute atomic E-state index is 13.3. The van der Waals surface area contributed by atoms with Crippen molar-refractivity contribution < 1.29 is 9.13 Å². The molecule has 2 nitrogen and oxygen atoms in total. The molecule has 0 amide bonds. The molecular weight excluding hydrogens is 229 g/mol. The first-order valence-corrected chi connectivity index (χ1v) is 6.78. The van der Waals surface area contributed by atoms with Gasteiger partial charge in [-0.2, -0.15) is 0 Å². The quantitative estimate of drug-likeness (QED) is 0.886. The third-order valence-electron chi connectivity index (χ3n) is 3.65. The lowest BCUT2D eigenvalue weighted by atomic mass is 9.88. The maximum Gasteiger partial charge on any atom is 0.127 e. The summed E-state index contributed by atoms with van der Waals surface area (Å²) in [4.78, 5) is 0. The van der Waals surface area contributed by atoms with Crippen molar-refractivity contribution in [1.82, 2.24) is 0 Å². The summed E-state index contributed by atoms with van der Waals surface area (Å²) in [7, 11) is 0. The van der Waals surface area contributed by atoms with Crippen LogP contribution < -0.4 is 10.5 Å². The second-order valence-electron chi connectivity index (χ2n) is 5.48. The van der Waals surface area contributed by atoms with E-state index >= 15 is 0 Å². The Bertz CT molecular complexity index is 405. The van der Waals surface area contributed by atoms with Crippen LogP contribution in [0.1, 0.15) is 51.1 Å². The number of rotatable bonds is 3. The van der Waals surface area contributed by atoms with Gasteiger partial charge in [0.05, 0.1) is 6.10 Å². The van der Waals surface area contributed by atoms with Crippen LogP contribution in [0.4, 0.5) is 4.39 Å². The Labute approximate surface area is 108 Å². The third-order valence-corrected chi connectivity index (χ3v) is 3.65. The van der Waals surface area contributed by atoms with E-state index in [1.807, 2.05) is 6.92 Å². The van der Waals surface area contributed by atoms with E-state index in [1.165, 1.54) is 25.0 Å². The van der Waals surface area contributed by atoms with Crippen molar-refractivity contribution in [3.8, 4) is 5.75 Å². The molecule has 1 aromatic rings. The number of benzene rings is 1. The van der Waals surface area contributed by atoms with E-state index in [9.17, 15) is 4.39 Å². The van der Waals surface area contributed by atoms with E-state index in [1.54, 1.807) is 6.07 Å². The Morgan fingerprint density at radius 3 is 2.83 bits per heavy atom. The Kier molecular flexibility index (Phi) is 4.23. The highest BCUT2D eigenvalue weighted by atomic mass is 19.1. The van der Waals surface area contributed by atoms with Crippen molar-refractivity contribution in [3.63, 3.8) is 0 Å². The monoisotopic (exact) mass is 251 g/mol. The SMILES string of the molecule is CC1CCCC(Oc2cc(F)ccc2[C@H](C)N)C1. The van der Waals surface area contributed by atoms with Crippen LogP contribution in [-0.4, -0.2) is 6.10 Å². The second kappa shape index (κ2) is 5.70. The molecule has 3 heteroatoms. The fourth-order valence-corrected chi connectivity index (χ4v) is 2.65. The second-order valence-corrected chi connectivity index (χ2v) is 5.48. The van der Waals surface area contributed by atoms with Crippen molar-refractivity contribution in [2.45, 2.75) is 51.7 Å². The van der Waals surface area contributed by atoms with Crippen molar-refractivity contribution in [2.24, 2.45) is 11.7 Å². The molecule has 2 rings (SSSR count). The smallest absolute Gasteiger partial charge is 0.127 e. The Balaban J connectivity index is 2.14. The summed E-state index contributed by atoms with van der Waals surface area (Å²) in [6.45, 7) is 4.14. The maximum atomic E-state index is 13.3. The molecule has 0 aliphatic heterocycles. The van der Waals surface area contributed by atoms with Crippen molar-refractivity contribution >= 4 is 0 Å². The molecule has 0 radical (unpaired) electrons. The molecule has 1 aliphatic rings. The Morgan fingerprint density at radius 1 is 1.39 bits per heavy atom. The minimum atomic E-state index is -0.266. The summed E-state index contributed by atoms with van der Waals surface area (Å²) >= 11 is 0. The highest BCUT2D eigenvalue weighted by Crippen LogP contribution is 2.31. The van der Waals surface area contributed by atoms with Gasteiger partial charge in [-0.15, -0.1) is 0 Å². The van der Waals surface area contributed by atoms with E-state index in [0.717, 1.165) is 18.4 Å². The van der Waals surface area contributed by atoms with E-state index in [0.29, 0.717) is 11.7 Å². The average molecular weight is 251 g/mol. The van der Waals surface area contributed by atoms with E-state index in [-0.39, 0.29) is 18.0 Å². The lowest BCUT2D eigenvalue weighted by Gasteiger charge is -2.28. The summed E-state index contributed by atoms with van der Waals surface area (Å²) in [5, 5.41) is 0. The van der Waals surface area contributed by atoms with Crippen molar-refractivity contribution in [3.05, 3.63) is 29.6 Å². The van der Waals surface area contributed by atoms with Gasteiger partial charge in [-0.3, -0.25) is 0 Å². The topological polar surface area (TPSA) is 35.2 Å². The van der Waals surface area contributed by atoms with Gasteiger partial charge in [0.1, 0.15) is 11.6 Å². The number of hydrogen-bond donors (Lipinski definition) is 1. The molecule has 2 N–H and O–H groups in total.